The summed E-state index contributed by atoms with van der Waals surface area (Å²) in [6.45, 7) is 8.79. The van der Waals surface area contributed by atoms with E-state index in [1.807, 2.05) is 36.4 Å². The minimum atomic E-state index is -2.49. The number of carbonyl (C=O) groups excluding carboxylic acids is 5. The molecule has 1 aliphatic rings. The number of allylic oxidation sites excluding steroid dienone is 1. The maximum Gasteiger partial charge on any atom is 0.325 e. The highest BCUT2D eigenvalue weighted by atomic mass is 16.6. The molecule has 1 aromatic rings. The van der Waals surface area contributed by atoms with Crippen LogP contribution in [0.2, 0.25) is 0 Å². The maximum absolute atomic E-state index is 13.8. The number of hydrogen-bond acceptors (Lipinski definition) is 9. The molecule has 208 valence electrons. The van der Waals surface area contributed by atoms with Crippen LogP contribution in [0.4, 0.5) is 0 Å². The Bertz CT molecular complexity index is 1020. The van der Waals surface area contributed by atoms with Gasteiger partial charge in [-0.25, -0.2) is 0 Å². The number of benzene rings is 1. The zero-order chi connectivity index (χ0) is 28.5. The zero-order valence-corrected chi connectivity index (χ0v) is 23.0. The van der Waals surface area contributed by atoms with Crippen molar-refractivity contribution < 1.29 is 42.9 Å². The molecule has 0 saturated heterocycles. The fourth-order valence-electron chi connectivity index (χ4n) is 5.33. The number of Topliss-reactive ketones (excluding diaryl/α,β-unsaturated/α-hetero) is 1. The van der Waals surface area contributed by atoms with Crippen LogP contribution >= 0.6 is 0 Å². The summed E-state index contributed by atoms with van der Waals surface area (Å²) < 4.78 is 21.3. The van der Waals surface area contributed by atoms with Gasteiger partial charge in [0.05, 0.1) is 26.4 Å². The van der Waals surface area contributed by atoms with Crippen LogP contribution in [0.15, 0.2) is 35.9 Å². The van der Waals surface area contributed by atoms with Gasteiger partial charge >= 0.3 is 23.9 Å². The van der Waals surface area contributed by atoms with E-state index >= 15 is 0 Å². The van der Waals surface area contributed by atoms with Crippen LogP contribution in [0.3, 0.4) is 0 Å². The lowest BCUT2D eigenvalue weighted by molar-refractivity contribution is -0.212. The molecule has 2 atom stereocenters. The summed E-state index contributed by atoms with van der Waals surface area (Å²) in [4.78, 5) is 68.2. The van der Waals surface area contributed by atoms with E-state index in [9.17, 15) is 24.0 Å². The van der Waals surface area contributed by atoms with Crippen LogP contribution < -0.4 is 0 Å². The Morgan fingerprint density at radius 1 is 0.684 bits per heavy atom. The molecule has 0 aromatic heterocycles. The second-order valence-electron chi connectivity index (χ2n) is 9.22. The molecule has 2 rings (SSSR count). The van der Waals surface area contributed by atoms with Gasteiger partial charge in [0.15, 0.2) is 10.8 Å². The summed E-state index contributed by atoms with van der Waals surface area (Å²) in [7, 11) is 0. The van der Waals surface area contributed by atoms with Gasteiger partial charge in [0.2, 0.25) is 0 Å². The number of rotatable bonds is 11. The molecule has 9 heteroatoms. The molecule has 1 saturated carbocycles. The average molecular weight is 531 g/mol. The number of ketones is 1. The van der Waals surface area contributed by atoms with Crippen molar-refractivity contribution in [2.75, 3.05) is 26.4 Å². The zero-order valence-electron chi connectivity index (χ0n) is 23.0. The first-order valence-electron chi connectivity index (χ1n) is 13.0. The third-order valence-corrected chi connectivity index (χ3v) is 7.06. The first-order valence-corrected chi connectivity index (χ1v) is 13.0. The molecule has 0 spiro atoms. The Labute approximate surface area is 223 Å². The van der Waals surface area contributed by atoms with Gasteiger partial charge in [0, 0.05) is 5.92 Å². The van der Waals surface area contributed by atoms with Gasteiger partial charge < -0.3 is 18.9 Å². The highest BCUT2D eigenvalue weighted by Crippen LogP contribution is 2.59. The lowest BCUT2D eigenvalue weighted by Gasteiger charge is -2.50. The molecule has 0 bridgehead atoms. The third-order valence-electron chi connectivity index (χ3n) is 7.06. The fraction of sp³-hybridized carbons (Fsp3) is 0.552. The summed E-state index contributed by atoms with van der Waals surface area (Å²) in [6, 6.07) is 9.33. The molecular weight excluding hydrogens is 492 g/mol. The van der Waals surface area contributed by atoms with Crippen molar-refractivity contribution >= 4 is 35.7 Å². The molecule has 0 aliphatic heterocycles. The smallest absolute Gasteiger partial charge is 0.325 e. The standard InChI is InChI=1S/C29H38O9/c1-7-35-24(31)28(25(32)36-8-2)17-22(19(5)16-21-14-12-11-13-15-21)23(20(6)30)18-29(28,26(33)37-9-3)27(34)38-10-4/h11-16,22-23H,7-10,17-18H2,1-6H3/b19-16+. The number of carbonyl (C=O) groups is 5. The Morgan fingerprint density at radius 3 is 1.39 bits per heavy atom. The van der Waals surface area contributed by atoms with Crippen molar-refractivity contribution in [3.8, 4) is 0 Å². The van der Waals surface area contributed by atoms with Crippen LogP contribution in [0.5, 0.6) is 0 Å². The van der Waals surface area contributed by atoms with Gasteiger partial charge in [-0.15, -0.1) is 0 Å². The molecule has 1 fully saturated rings. The van der Waals surface area contributed by atoms with Gasteiger partial charge in [0.25, 0.3) is 0 Å². The van der Waals surface area contributed by atoms with Crippen molar-refractivity contribution in [2.24, 2.45) is 22.7 Å². The summed E-state index contributed by atoms with van der Waals surface area (Å²) in [5.74, 6) is -6.37. The predicted octanol–water partition coefficient (Wildman–Crippen LogP) is 3.93. The van der Waals surface area contributed by atoms with E-state index in [4.69, 9.17) is 18.9 Å². The van der Waals surface area contributed by atoms with Crippen molar-refractivity contribution in [1.82, 2.24) is 0 Å². The van der Waals surface area contributed by atoms with Gasteiger partial charge in [-0.05, 0) is 65.9 Å². The van der Waals surface area contributed by atoms with Crippen molar-refractivity contribution in [3.63, 3.8) is 0 Å². The number of esters is 4. The van der Waals surface area contributed by atoms with E-state index in [1.165, 1.54) is 20.8 Å². The van der Waals surface area contributed by atoms with E-state index in [-0.39, 0.29) is 38.6 Å². The number of ether oxygens (including phenoxy) is 4. The van der Waals surface area contributed by atoms with E-state index in [2.05, 4.69) is 0 Å². The Hall–Kier alpha value is -3.49. The summed E-state index contributed by atoms with van der Waals surface area (Å²) in [6.07, 6.45) is 0.980. The molecule has 0 amide bonds. The van der Waals surface area contributed by atoms with E-state index in [0.29, 0.717) is 5.57 Å². The largest absolute Gasteiger partial charge is 0.465 e. The molecule has 0 radical (unpaired) electrons. The number of hydrogen-bond donors (Lipinski definition) is 0. The molecule has 0 N–H and O–H groups in total. The Kier molecular flexibility index (Phi) is 10.8. The molecule has 1 aliphatic carbocycles. The predicted molar refractivity (Wildman–Crippen MR) is 138 cm³/mol. The molecule has 0 heterocycles. The van der Waals surface area contributed by atoms with E-state index in [0.717, 1.165) is 5.56 Å². The molecule has 9 nitrogen and oxygen atoms in total. The van der Waals surface area contributed by atoms with Gasteiger partial charge in [-0.2, -0.15) is 0 Å². The fourth-order valence-corrected chi connectivity index (χ4v) is 5.33. The average Bonchev–Trinajstić information content (AvgIpc) is 2.88. The molecular formula is C29H38O9. The Balaban J connectivity index is 2.95. The molecule has 1 aromatic carbocycles. The first kappa shape index (κ1) is 30.7. The van der Waals surface area contributed by atoms with Gasteiger partial charge in [-0.1, -0.05) is 42.0 Å². The third kappa shape index (κ3) is 5.66. The van der Waals surface area contributed by atoms with Crippen molar-refractivity contribution in [1.29, 1.82) is 0 Å². The van der Waals surface area contributed by atoms with Crippen LogP contribution in [-0.4, -0.2) is 56.1 Å². The van der Waals surface area contributed by atoms with Crippen molar-refractivity contribution in [2.45, 2.75) is 54.4 Å². The maximum atomic E-state index is 13.8. The van der Waals surface area contributed by atoms with Crippen LogP contribution in [-0.2, 0) is 42.9 Å². The van der Waals surface area contributed by atoms with Crippen molar-refractivity contribution in [3.05, 3.63) is 41.5 Å². The molecule has 2 unspecified atom stereocenters. The first-order chi connectivity index (χ1) is 18.1. The summed E-state index contributed by atoms with van der Waals surface area (Å²) >= 11 is 0. The second kappa shape index (κ2) is 13.3. The van der Waals surface area contributed by atoms with Gasteiger partial charge in [-0.3, -0.25) is 24.0 Å². The Morgan fingerprint density at radius 2 is 1.05 bits per heavy atom. The van der Waals surface area contributed by atoms with E-state index < -0.39 is 53.0 Å². The molecule has 38 heavy (non-hydrogen) atoms. The topological polar surface area (TPSA) is 122 Å². The minimum absolute atomic E-state index is 0.124. The van der Waals surface area contributed by atoms with E-state index in [1.54, 1.807) is 20.8 Å². The summed E-state index contributed by atoms with van der Waals surface area (Å²) in [5, 5.41) is 0. The second-order valence-corrected chi connectivity index (χ2v) is 9.22. The highest BCUT2D eigenvalue weighted by Gasteiger charge is 2.76. The SMILES string of the molecule is CCOC(=O)C1(C(=O)OCC)CC(C(C)=O)C(/C(C)=C/c2ccccc2)CC1(C(=O)OCC)C(=O)OCC. The highest BCUT2D eigenvalue weighted by molar-refractivity contribution is 6.15. The van der Waals surface area contributed by atoms with Crippen LogP contribution in [0, 0.1) is 22.7 Å². The summed E-state index contributed by atoms with van der Waals surface area (Å²) in [5.41, 5.74) is -3.40. The normalized spacial score (nSPS) is 20.1. The van der Waals surface area contributed by atoms with Crippen LogP contribution in [0.25, 0.3) is 6.08 Å². The monoisotopic (exact) mass is 530 g/mol. The minimum Gasteiger partial charge on any atom is -0.465 e. The lowest BCUT2D eigenvalue weighted by Crippen LogP contribution is -2.67. The van der Waals surface area contributed by atoms with Crippen LogP contribution in [0.1, 0.15) is 59.9 Å². The quantitative estimate of drug-likeness (QED) is 0.238. The lowest BCUT2D eigenvalue weighted by atomic mass is 9.49. The van der Waals surface area contributed by atoms with Gasteiger partial charge in [0.1, 0.15) is 5.78 Å².